The first-order valence-electron chi connectivity index (χ1n) is 6.36. The van der Waals surface area contributed by atoms with E-state index in [1.54, 1.807) is 12.1 Å². The molecule has 18 heavy (non-hydrogen) atoms. The molecule has 0 bridgehead atoms. The number of hydrogen-bond acceptors (Lipinski definition) is 1. The molecule has 0 aromatic heterocycles. The molecule has 1 saturated heterocycles. The SMILES string of the molecule is CCCC1CCN(C(=O)c2cccc(F)c2Br)C1. The van der Waals surface area contributed by atoms with Gasteiger partial charge in [-0.15, -0.1) is 0 Å². The lowest BCUT2D eigenvalue weighted by molar-refractivity contribution is 0.0785. The third kappa shape index (κ3) is 2.74. The Morgan fingerprint density at radius 3 is 3.06 bits per heavy atom. The second kappa shape index (κ2) is 5.83. The van der Waals surface area contributed by atoms with Gasteiger partial charge in [0.1, 0.15) is 5.82 Å². The lowest BCUT2D eigenvalue weighted by Gasteiger charge is -2.17. The lowest BCUT2D eigenvalue weighted by Crippen LogP contribution is -2.29. The van der Waals surface area contributed by atoms with Crippen LogP contribution in [0.1, 0.15) is 36.5 Å². The van der Waals surface area contributed by atoms with Gasteiger partial charge >= 0.3 is 0 Å². The van der Waals surface area contributed by atoms with Crippen molar-refractivity contribution in [2.45, 2.75) is 26.2 Å². The van der Waals surface area contributed by atoms with Crippen LogP contribution in [0.2, 0.25) is 0 Å². The van der Waals surface area contributed by atoms with Gasteiger partial charge in [0.2, 0.25) is 0 Å². The predicted molar refractivity (Wildman–Crippen MR) is 73.0 cm³/mol. The van der Waals surface area contributed by atoms with Gasteiger partial charge in [-0.05, 0) is 46.8 Å². The molecule has 1 unspecified atom stereocenters. The number of likely N-dealkylation sites (tertiary alicyclic amines) is 1. The third-order valence-corrected chi connectivity index (χ3v) is 4.26. The second-order valence-electron chi connectivity index (χ2n) is 4.80. The fourth-order valence-electron chi connectivity index (χ4n) is 2.50. The van der Waals surface area contributed by atoms with E-state index < -0.39 is 0 Å². The van der Waals surface area contributed by atoms with Gasteiger partial charge in [0.15, 0.2) is 0 Å². The van der Waals surface area contributed by atoms with Crippen molar-refractivity contribution in [3.8, 4) is 0 Å². The maximum atomic E-state index is 13.4. The highest BCUT2D eigenvalue weighted by Gasteiger charge is 2.27. The molecule has 1 amide bonds. The number of nitrogens with zero attached hydrogens (tertiary/aromatic N) is 1. The van der Waals surface area contributed by atoms with E-state index in [2.05, 4.69) is 22.9 Å². The number of hydrogen-bond donors (Lipinski definition) is 0. The van der Waals surface area contributed by atoms with E-state index in [-0.39, 0.29) is 16.2 Å². The van der Waals surface area contributed by atoms with Crippen LogP contribution in [0.5, 0.6) is 0 Å². The maximum Gasteiger partial charge on any atom is 0.255 e. The second-order valence-corrected chi connectivity index (χ2v) is 5.59. The van der Waals surface area contributed by atoms with Gasteiger partial charge in [0.05, 0.1) is 10.0 Å². The molecule has 0 aliphatic carbocycles. The summed E-state index contributed by atoms with van der Waals surface area (Å²) in [5.74, 6) is 0.149. The fraction of sp³-hybridized carbons (Fsp3) is 0.500. The molecule has 2 rings (SSSR count). The number of rotatable bonds is 3. The molecule has 0 spiro atoms. The summed E-state index contributed by atoms with van der Waals surface area (Å²) in [6.45, 7) is 3.75. The van der Waals surface area contributed by atoms with Crippen molar-refractivity contribution in [2.75, 3.05) is 13.1 Å². The van der Waals surface area contributed by atoms with Gasteiger partial charge in [-0.3, -0.25) is 4.79 Å². The number of benzene rings is 1. The average molecular weight is 314 g/mol. The number of carbonyl (C=O) groups excluding carboxylic acids is 1. The summed E-state index contributed by atoms with van der Waals surface area (Å²) in [5.41, 5.74) is 0.423. The van der Waals surface area contributed by atoms with Crippen LogP contribution in [-0.2, 0) is 0 Å². The summed E-state index contributed by atoms with van der Waals surface area (Å²) in [6.07, 6.45) is 3.37. The molecule has 0 radical (unpaired) electrons. The molecule has 1 aromatic rings. The van der Waals surface area contributed by atoms with Crippen LogP contribution in [0, 0.1) is 11.7 Å². The molecule has 0 saturated carbocycles. The highest BCUT2D eigenvalue weighted by atomic mass is 79.9. The van der Waals surface area contributed by atoms with Gasteiger partial charge in [-0.2, -0.15) is 0 Å². The number of carbonyl (C=O) groups is 1. The van der Waals surface area contributed by atoms with Crippen molar-refractivity contribution >= 4 is 21.8 Å². The summed E-state index contributed by atoms with van der Waals surface area (Å²) in [4.78, 5) is 14.1. The van der Waals surface area contributed by atoms with Gasteiger partial charge in [-0.1, -0.05) is 19.4 Å². The molecule has 98 valence electrons. The average Bonchev–Trinajstić information content (AvgIpc) is 2.81. The molecule has 0 N–H and O–H groups in total. The van der Waals surface area contributed by atoms with Gasteiger partial charge in [0, 0.05) is 13.1 Å². The Bertz CT molecular complexity index is 449. The Balaban J connectivity index is 2.11. The monoisotopic (exact) mass is 313 g/mol. The molecular formula is C14H17BrFNO. The first kappa shape index (κ1) is 13.5. The largest absolute Gasteiger partial charge is 0.338 e. The van der Waals surface area contributed by atoms with Crippen molar-refractivity contribution in [3.05, 3.63) is 34.1 Å². The minimum absolute atomic E-state index is 0.0695. The summed E-state index contributed by atoms with van der Waals surface area (Å²) < 4.78 is 13.7. The predicted octanol–water partition coefficient (Wildman–Crippen LogP) is 3.85. The van der Waals surface area contributed by atoms with Crippen LogP contribution in [0.25, 0.3) is 0 Å². The normalized spacial score (nSPS) is 19.3. The smallest absolute Gasteiger partial charge is 0.255 e. The summed E-state index contributed by atoms with van der Waals surface area (Å²) in [7, 11) is 0. The Morgan fingerprint density at radius 1 is 1.56 bits per heavy atom. The summed E-state index contributed by atoms with van der Waals surface area (Å²) >= 11 is 3.15. The van der Waals surface area contributed by atoms with Crippen LogP contribution in [0.3, 0.4) is 0 Å². The Morgan fingerprint density at radius 2 is 2.33 bits per heavy atom. The molecule has 1 aromatic carbocycles. The topological polar surface area (TPSA) is 20.3 Å². The molecule has 2 nitrogen and oxygen atoms in total. The lowest BCUT2D eigenvalue weighted by atomic mass is 10.0. The first-order valence-corrected chi connectivity index (χ1v) is 7.16. The Kier molecular flexibility index (Phi) is 4.38. The van der Waals surface area contributed by atoms with Crippen LogP contribution in [-0.4, -0.2) is 23.9 Å². The van der Waals surface area contributed by atoms with E-state index >= 15 is 0 Å². The number of amides is 1. The van der Waals surface area contributed by atoms with Crippen molar-refractivity contribution in [3.63, 3.8) is 0 Å². The summed E-state index contributed by atoms with van der Waals surface area (Å²) in [6, 6.07) is 4.60. The van der Waals surface area contributed by atoms with Gasteiger partial charge in [0.25, 0.3) is 5.91 Å². The number of halogens is 2. The van der Waals surface area contributed by atoms with E-state index in [1.807, 2.05) is 4.90 Å². The fourth-order valence-corrected chi connectivity index (χ4v) is 2.93. The summed E-state index contributed by atoms with van der Waals surface area (Å²) in [5, 5.41) is 0. The maximum absolute atomic E-state index is 13.4. The van der Waals surface area contributed by atoms with E-state index in [0.717, 1.165) is 32.4 Å². The molecule has 1 atom stereocenters. The first-order chi connectivity index (χ1) is 8.63. The van der Waals surface area contributed by atoms with Crippen molar-refractivity contribution < 1.29 is 9.18 Å². The molecular weight excluding hydrogens is 297 g/mol. The molecule has 1 fully saturated rings. The minimum Gasteiger partial charge on any atom is -0.338 e. The van der Waals surface area contributed by atoms with E-state index in [1.165, 1.54) is 6.07 Å². The van der Waals surface area contributed by atoms with Gasteiger partial charge in [-0.25, -0.2) is 4.39 Å². The molecule has 4 heteroatoms. The van der Waals surface area contributed by atoms with Crippen molar-refractivity contribution in [2.24, 2.45) is 5.92 Å². The van der Waals surface area contributed by atoms with Crippen LogP contribution in [0.15, 0.2) is 22.7 Å². The van der Waals surface area contributed by atoms with E-state index in [4.69, 9.17) is 0 Å². The zero-order valence-electron chi connectivity index (χ0n) is 10.5. The van der Waals surface area contributed by atoms with E-state index in [0.29, 0.717) is 11.5 Å². The van der Waals surface area contributed by atoms with E-state index in [9.17, 15) is 9.18 Å². The molecule has 1 aliphatic heterocycles. The van der Waals surface area contributed by atoms with Crippen LogP contribution >= 0.6 is 15.9 Å². The Labute approximate surface area is 115 Å². The zero-order chi connectivity index (χ0) is 13.1. The van der Waals surface area contributed by atoms with Crippen LogP contribution in [0.4, 0.5) is 4.39 Å². The van der Waals surface area contributed by atoms with Crippen LogP contribution < -0.4 is 0 Å². The minimum atomic E-state index is -0.384. The standard InChI is InChI=1S/C14H17BrFNO/c1-2-4-10-7-8-17(9-10)14(18)11-5-3-6-12(16)13(11)15/h3,5-6,10H,2,4,7-9H2,1H3. The molecule has 1 aliphatic rings. The highest BCUT2D eigenvalue weighted by molar-refractivity contribution is 9.10. The quantitative estimate of drug-likeness (QED) is 0.830. The van der Waals surface area contributed by atoms with Crippen molar-refractivity contribution in [1.82, 2.24) is 4.90 Å². The highest BCUT2D eigenvalue weighted by Crippen LogP contribution is 2.26. The van der Waals surface area contributed by atoms with Gasteiger partial charge < -0.3 is 4.90 Å². The Hall–Kier alpha value is -0.900. The zero-order valence-corrected chi connectivity index (χ0v) is 12.0. The third-order valence-electron chi connectivity index (χ3n) is 3.45. The van der Waals surface area contributed by atoms with Crippen molar-refractivity contribution in [1.29, 1.82) is 0 Å². The molecule has 1 heterocycles.